The summed E-state index contributed by atoms with van der Waals surface area (Å²) >= 11 is 0. The monoisotopic (exact) mass is 238 g/mol. The van der Waals surface area contributed by atoms with E-state index in [2.05, 4.69) is 10.6 Å². The normalized spacial score (nSPS) is 11.0. The Kier molecular flexibility index (Phi) is 3.93. The van der Waals surface area contributed by atoms with Crippen LogP contribution in [0.4, 0.5) is 5.69 Å². The molecule has 16 heavy (non-hydrogen) atoms. The molecular formula is C11H14N2O2S. The van der Waals surface area contributed by atoms with Crippen LogP contribution in [0.15, 0.2) is 23.1 Å². The minimum absolute atomic E-state index is 0.235. The first-order valence-corrected chi connectivity index (χ1v) is 6.25. The van der Waals surface area contributed by atoms with Gasteiger partial charge in [-0.05, 0) is 30.7 Å². The van der Waals surface area contributed by atoms with Crippen LogP contribution in [0.2, 0.25) is 0 Å². The van der Waals surface area contributed by atoms with Gasteiger partial charge < -0.3 is 5.73 Å². The predicted octanol–water partition coefficient (Wildman–Crippen LogP) is 0.879. The van der Waals surface area contributed by atoms with Crippen molar-refractivity contribution in [1.29, 1.82) is 0 Å². The lowest BCUT2D eigenvalue weighted by Crippen LogP contribution is -2.25. The van der Waals surface area contributed by atoms with E-state index in [0.29, 0.717) is 17.7 Å². The molecule has 0 fully saturated rings. The topological polar surface area (TPSA) is 72.2 Å². The second-order valence-corrected chi connectivity index (χ2v) is 5.11. The summed E-state index contributed by atoms with van der Waals surface area (Å²) in [5.74, 6) is 2.37. The van der Waals surface area contributed by atoms with Crippen molar-refractivity contribution < 1.29 is 8.42 Å². The molecule has 5 heteroatoms. The second kappa shape index (κ2) is 5.01. The van der Waals surface area contributed by atoms with Crippen LogP contribution in [0.3, 0.4) is 0 Å². The first kappa shape index (κ1) is 12.6. The highest BCUT2D eigenvalue weighted by atomic mass is 32.2. The summed E-state index contributed by atoms with van der Waals surface area (Å²) in [6.45, 7) is 1.94. The van der Waals surface area contributed by atoms with Gasteiger partial charge in [-0.2, -0.15) is 0 Å². The Hall–Kier alpha value is -1.51. The summed E-state index contributed by atoms with van der Waals surface area (Å²) in [5.41, 5.74) is 6.71. The van der Waals surface area contributed by atoms with Crippen molar-refractivity contribution in [3.05, 3.63) is 23.8 Å². The van der Waals surface area contributed by atoms with E-state index in [9.17, 15) is 8.42 Å². The van der Waals surface area contributed by atoms with Crippen LogP contribution in [0.25, 0.3) is 0 Å². The molecule has 1 aromatic rings. The molecule has 0 aliphatic carbocycles. The molecule has 3 N–H and O–H groups in total. The number of rotatable bonds is 4. The van der Waals surface area contributed by atoms with Crippen LogP contribution in [0, 0.1) is 19.3 Å². The van der Waals surface area contributed by atoms with Gasteiger partial charge >= 0.3 is 0 Å². The average Bonchev–Trinajstić information content (AvgIpc) is 2.17. The molecule has 0 aliphatic rings. The minimum Gasteiger partial charge on any atom is -0.399 e. The van der Waals surface area contributed by atoms with Crippen molar-refractivity contribution in [2.45, 2.75) is 18.2 Å². The fourth-order valence-corrected chi connectivity index (χ4v) is 2.57. The zero-order valence-corrected chi connectivity index (χ0v) is 9.84. The van der Waals surface area contributed by atoms with E-state index in [-0.39, 0.29) is 11.4 Å². The van der Waals surface area contributed by atoms with Gasteiger partial charge in [0.05, 0.1) is 4.90 Å². The summed E-state index contributed by atoms with van der Waals surface area (Å²) in [4.78, 5) is 0.235. The number of sulfonamides is 1. The number of nitrogens with one attached hydrogen (secondary N) is 1. The molecule has 0 aromatic heterocycles. The number of anilines is 1. The first-order valence-electron chi connectivity index (χ1n) is 4.76. The summed E-state index contributed by atoms with van der Waals surface area (Å²) in [5, 5.41) is 0. The fraction of sp³-hybridized carbons (Fsp3) is 0.273. The Labute approximate surface area is 95.9 Å². The van der Waals surface area contributed by atoms with Crippen molar-refractivity contribution in [1.82, 2.24) is 4.72 Å². The van der Waals surface area contributed by atoms with Crippen LogP contribution >= 0.6 is 0 Å². The number of hydrogen-bond acceptors (Lipinski definition) is 3. The lowest BCUT2D eigenvalue weighted by atomic mass is 10.2. The van der Waals surface area contributed by atoms with Crippen LogP contribution in [-0.2, 0) is 10.0 Å². The Bertz CT molecular complexity index is 515. The summed E-state index contributed by atoms with van der Waals surface area (Å²) in [6, 6.07) is 4.67. The maximum absolute atomic E-state index is 11.8. The van der Waals surface area contributed by atoms with E-state index >= 15 is 0 Å². The van der Waals surface area contributed by atoms with Crippen LogP contribution < -0.4 is 10.5 Å². The quantitative estimate of drug-likeness (QED) is 0.464. The van der Waals surface area contributed by atoms with Gasteiger partial charge in [0, 0.05) is 18.7 Å². The van der Waals surface area contributed by atoms with Gasteiger partial charge in [0.15, 0.2) is 0 Å². The Balaban J connectivity index is 2.95. The van der Waals surface area contributed by atoms with E-state index in [4.69, 9.17) is 12.2 Å². The summed E-state index contributed by atoms with van der Waals surface area (Å²) < 4.78 is 26.1. The predicted molar refractivity (Wildman–Crippen MR) is 64.2 cm³/mol. The van der Waals surface area contributed by atoms with Gasteiger partial charge in [0.1, 0.15) is 0 Å². The van der Waals surface area contributed by atoms with Crippen molar-refractivity contribution in [2.75, 3.05) is 12.3 Å². The van der Waals surface area contributed by atoms with Gasteiger partial charge in [-0.3, -0.25) is 0 Å². The van der Waals surface area contributed by atoms with Gasteiger partial charge in [-0.25, -0.2) is 13.1 Å². The third kappa shape index (κ3) is 2.99. The van der Waals surface area contributed by atoms with Crippen molar-refractivity contribution in [3.8, 4) is 12.3 Å². The number of benzene rings is 1. The number of nitrogen functional groups attached to an aromatic ring is 1. The molecule has 1 rings (SSSR count). The third-order valence-corrected chi connectivity index (χ3v) is 3.67. The first-order chi connectivity index (χ1) is 7.47. The van der Waals surface area contributed by atoms with Crippen molar-refractivity contribution in [3.63, 3.8) is 0 Å². The molecule has 0 saturated carbocycles. The molecule has 0 radical (unpaired) electrons. The number of hydrogen-bond donors (Lipinski definition) is 2. The minimum atomic E-state index is -3.48. The highest BCUT2D eigenvalue weighted by Gasteiger charge is 2.15. The highest BCUT2D eigenvalue weighted by Crippen LogP contribution is 2.17. The van der Waals surface area contributed by atoms with Gasteiger partial charge in [-0.1, -0.05) is 0 Å². The van der Waals surface area contributed by atoms with E-state index in [1.54, 1.807) is 19.1 Å². The molecule has 0 amide bonds. The molecule has 0 unspecified atom stereocenters. The lowest BCUT2D eigenvalue weighted by Gasteiger charge is -2.08. The second-order valence-electron chi connectivity index (χ2n) is 3.38. The van der Waals surface area contributed by atoms with E-state index in [1.807, 2.05) is 0 Å². The zero-order chi connectivity index (χ0) is 12.2. The van der Waals surface area contributed by atoms with E-state index in [1.165, 1.54) is 6.07 Å². The number of nitrogens with two attached hydrogens (primary N) is 1. The fourth-order valence-electron chi connectivity index (χ4n) is 1.31. The van der Waals surface area contributed by atoms with Gasteiger partial charge in [0.2, 0.25) is 10.0 Å². The molecule has 0 spiro atoms. The molecule has 0 atom stereocenters. The average molecular weight is 238 g/mol. The lowest BCUT2D eigenvalue weighted by molar-refractivity contribution is 0.582. The van der Waals surface area contributed by atoms with Crippen LogP contribution in [0.5, 0.6) is 0 Å². The molecule has 86 valence electrons. The number of terminal acetylenes is 1. The molecule has 0 bridgehead atoms. The van der Waals surface area contributed by atoms with Gasteiger partial charge in [-0.15, -0.1) is 12.3 Å². The van der Waals surface area contributed by atoms with Crippen molar-refractivity contribution in [2.24, 2.45) is 0 Å². The number of aryl methyl sites for hydroxylation is 1. The Morgan fingerprint density at radius 2 is 2.19 bits per heavy atom. The molecule has 4 nitrogen and oxygen atoms in total. The molecule has 1 aromatic carbocycles. The largest absolute Gasteiger partial charge is 0.399 e. The SMILES string of the molecule is C#CCCNS(=O)(=O)c1ccc(N)cc1C. The zero-order valence-electron chi connectivity index (χ0n) is 9.03. The maximum Gasteiger partial charge on any atom is 0.240 e. The third-order valence-electron chi connectivity index (χ3n) is 2.05. The summed E-state index contributed by atoms with van der Waals surface area (Å²) in [6.07, 6.45) is 5.41. The molecule has 0 saturated heterocycles. The maximum atomic E-state index is 11.8. The smallest absolute Gasteiger partial charge is 0.240 e. The molecular weight excluding hydrogens is 224 g/mol. The Morgan fingerprint density at radius 3 is 2.75 bits per heavy atom. The Morgan fingerprint density at radius 1 is 1.50 bits per heavy atom. The summed E-state index contributed by atoms with van der Waals surface area (Å²) in [7, 11) is -3.48. The standard InChI is InChI=1S/C11H14N2O2S/c1-3-4-7-13-16(14,15)11-6-5-10(12)8-9(11)2/h1,5-6,8,13H,4,7,12H2,2H3. The van der Waals surface area contributed by atoms with E-state index in [0.717, 1.165) is 0 Å². The van der Waals surface area contributed by atoms with Gasteiger partial charge in [0.25, 0.3) is 0 Å². The molecule has 0 heterocycles. The highest BCUT2D eigenvalue weighted by molar-refractivity contribution is 7.89. The van der Waals surface area contributed by atoms with Crippen LogP contribution in [-0.4, -0.2) is 15.0 Å². The van der Waals surface area contributed by atoms with Crippen molar-refractivity contribution >= 4 is 15.7 Å². The van der Waals surface area contributed by atoms with E-state index < -0.39 is 10.0 Å². The molecule has 0 aliphatic heterocycles. The van der Waals surface area contributed by atoms with Crippen LogP contribution in [0.1, 0.15) is 12.0 Å².